The van der Waals surface area contributed by atoms with Crippen molar-refractivity contribution in [3.63, 3.8) is 0 Å². The van der Waals surface area contributed by atoms with E-state index in [1.807, 2.05) is 13.0 Å². The van der Waals surface area contributed by atoms with Crippen LogP contribution in [-0.2, 0) is 17.8 Å². The van der Waals surface area contributed by atoms with Gasteiger partial charge in [0.15, 0.2) is 0 Å². The molecule has 1 aliphatic heterocycles. The second kappa shape index (κ2) is 6.47. The van der Waals surface area contributed by atoms with Crippen LogP contribution in [0, 0.1) is 6.92 Å². The van der Waals surface area contributed by atoms with Crippen molar-refractivity contribution in [1.29, 1.82) is 0 Å². The third-order valence-electron chi connectivity index (χ3n) is 3.39. The van der Waals surface area contributed by atoms with E-state index in [2.05, 4.69) is 20.4 Å². The van der Waals surface area contributed by atoms with Gasteiger partial charge in [-0.15, -0.1) is 11.3 Å². The maximum Gasteiger partial charge on any atom is 0.124 e. The largest absolute Gasteiger partial charge is 0.377 e. The summed E-state index contributed by atoms with van der Waals surface area (Å²) < 4.78 is 10.7. The Labute approximate surface area is 122 Å². The predicted octanol–water partition coefficient (Wildman–Crippen LogP) is 2.62. The molecule has 0 aliphatic carbocycles. The number of hydrogen-bond donors (Lipinski definition) is 0. The molecule has 2 aromatic rings. The van der Waals surface area contributed by atoms with Gasteiger partial charge in [-0.25, -0.2) is 4.98 Å². The summed E-state index contributed by atoms with van der Waals surface area (Å²) in [7, 11) is 0. The van der Waals surface area contributed by atoms with Gasteiger partial charge in [-0.05, 0) is 19.8 Å². The van der Waals surface area contributed by atoms with Gasteiger partial charge in [-0.2, -0.15) is 0 Å². The fourth-order valence-electron chi connectivity index (χ4n) is 2.48. The molecule has 0 N–H and O–H groups in total. The molecule has 1 aliphatic rings. The zero-order chi connectivity index (χ0) is 13.8. The van der Waals surface area contributed by atoms with Crippen LogP contribution in [0.3, 0.4) is 0 Å². The van der Waals surface area contributed by atoms with Crippen molar-refractivity contribution in [2.24, 2.45) is 0 Å². The first kappa shape index (κ1) is 13.7. The third kappa shape index (κ3) is 3.65. The predicted molar refractivity (Wildman–Crippen MR) is 76.4 cm³/mol. The van der Waals surface area contributed by atoms with Crippen LogP contribution < -0.4 is 0 Å². The van der Waals surface area contributed by atoms with Crippen LogP contribution in [0.2, 0.25) is 0 Å². The van der Waals surface area contributed by atoms with Crippen LogP contribution >= 0.6 is 11.3 Å². The Balaban J connectivity index is 1.65. The number of rotatable bonds is 6. The summed E-state index contributed by atoms with van der Waals surface area (Å²) in [6, 6.07) is 1.91. The molecule has 5 nitrogen and oxygen atoms in total. The van der Waals surface area contributed by atoms with Crippen molar-refractivity contribution >= 4 is 11.3 Å². The summed E-state index contributed by atoms with van der Waals surface area (Å²) in [6.45, 7) is 5.45. The molecular formula is C14H19N3O2S. The number of ether oxygens (including phenoxy) is 1. The molecule has 0 spiro atoms. The monoisotopic (exact) mass is 293 g/mol. The zero-order valence-electron chi connectivity index (χ0n) is 11.6. The molecule has 0 amide bonds. The molecule has 0 radical (unpaired) electrons. The van der Waals surface area contributed by atoms with E-state index >= 15 is 0 Å². The summed E-state index contributed by atoms with van der Waals surface area (Å²) >= 11 is 1.71. The Morgan fingerprint density at radius 1 is 1.45 bits per heavy atom. The summed E-state index contributed by atoms with van der Waals surface area (Å²) in [5.74, 6) is 0. The fourth-order valence-corrected chi connectivity index (χ4v) is 3.29. The number of thiazole rings is 1. The molecule has 2 aromatic heterocycles. The van der Waals surface area contributed by atoms with Gasteiger partial charge in [0.25, 0.3) is 0 Å². The van der Waals surface area contributed by atoms with E-state index < -0.39 is 0 Å². The van der Waals surface area contributed by atoms with Gasteiger partial charge >= 0.3 is 0 Å². The number of aryl methyl sites for hydroxylation is 1. The number of hydrogen-bond acceptors (Lipinski definition) is 6. The van der Waals surface area contributed by atoms with Gasteiger partial charge in [0.2, 0.25) is 0 Å². The smallest absolute Gasteiger partial charge is 0.124 e. The Hall–Kier alpha value is -1.24. The molecule has 108 valence electrons. The highest BCUT2D eigenvalue weighted by Crippen LogP contribution is 2.18. The van der Waals surface area contributed by atoms with Gasteiger partial charge in [0.05, 0.1) is 18.3 Å². The van der Waals surface area contributed by atoms with Crippen molar-refractivity contribution in [3.05, 3.63) is 34.1 Å². The normalized spacial score (nSPS) is 19.0. The highest BCUT2D eigenvalue weighted by Gasteiger charge is 2.20. The summed E-state index contributed by atoms with van der Waals surface area (Å²) in [5, 5.41) is 7.24. The molecule has 0 bridgehead atoms. The molecule has 3 rings (SSSR count). The molecule has 1 atom stereocenters. The summed E-state index contributed by atoms with van der Waals surface area (Å²) in [6.07, 6.45) is 4.26. The van der Waals surface area contributed by atoms with Gasteiger partial charge in [-0.1, -0.05) is 5.16 Å². The molecule has 0 saturated carbocycles. The minimum Gasteiger partial charge on any atom is -0.377 e. The molecule has 1 saturated heterocycles. The van der Waals surface area contributed by atoms with E-state index in [0.29, 0.717) is 6.10 Å². The van der Waals surface area contributed by atoms with Crippen molar-refractivity contribution in [2.75, 3.05) is 13.2 Å². The first-order chi connectivity index (χ1) is 9.79. The Bertz CT molecular complexity index is 520. The Morgan fingerprint density at radius 2 is 2.40 bits per heavy atom. The van der Waals surface area contributed by atoms with E-state index in [1.54, 1.807) is 17.6 Å². The number of nitrogens with zero attached hydrogens (tertiary/aromatic N) is 3. The average molecular weight is 293 g/mol. The van der Waals surface area contributed by atoms with Crippen LogP contribution in [0.15, 0.2) is 22.2 Å². The highest BCUT2D eigenvalue weighted by atomic mass is 32.1. The summed E-state index contributed by atoms with van der Waals surface area (Å²) in [4.78, 5) is 6.89. The fraction of sp³-hybridized carbons (Fsp3) is 0.571. The molecule has 3 heterocycles. The van der Waals surface area contributed by atoms with Crippen molar-refractivity contribution < 1.29 is 9.26 Å². The van der Waals surface area contributed by atoms with Gasteiger partial charge in [0, 0.05) is 36.8 Å². The lowest BCUT2D eigenvalue weighted by Crippen LogP contribution is -2.31. The van der Waals surface area contributed by atoms with E-state index in [0.717, 1.165) is 49.1 Å². The third-order valence-corrected chi connectivity index (χ3v) is 4.34. The van der Waals surface area contributed by atoms with Crippen molar-refractivity contribution in [2.45, 2.75) is 39.0 Å². The zero-order valence-corrected chi connectivity index (χ0v) is 12.4. The maximum absolute atomic E-state index is 5.74. The Kier molecular flexibility index (Phi) is 4.44. The molecular weight excluding hydrogens is 274 g/mol. The van der Waals surface area contributed by atoms with Gasteiger partial charge < -0.3 is 9.26 Å². The second-order valence-electron chi connectivity index (χ2n) is 5.18. The standard InChI is InChI=1S/C14H19N3O2S/c1-11-10-20-14(15-11)9-17(7-12-4-6-19-16-12)8-13-3-2-5-18-13/h4,6,10,13H,2-3,5,7-9H2,1H3/t13-/m0/s1. The second-order valence-corrected chi connectivity index (χ2v) is 6.12. The SMILES string of the molecule is Cc1csc(CN(Cc2ccon2)C[C@@H]2CCCO2)n1. The van der Waals surface area contributed by atoms with Crippen LogP contribution in [0.5, 0.6) is 0 Å². The van der Waals surface area contributed by atoms with E-state index in [4.69, 9.17) is 9.26 Å². The lowest BCUT2D eigenvalue weighted by Gasteiger charge is -2.23. The van der Waals surface area contributed by atoms with Crippen LogP contribution in [0.25, 0.3) is 0 Å². The first-order valence-corrected chi connectivity index (χ1v) is 7.82. The van der Waals surface area contributed by atoms with E-state index in [9.17, 15) is 0 Å². The van der Waals surface area contributed by atoms with Gasteiger partial charge in [0.1, 0.15) is 11.3 Å². The molecule has 0 unspecified atom stereocenters. The number of aromatic nitrogens is 2. The minimum atomic E-state index is 0.336. The van der Waals surface area contributed by atoms with Crippen molar-refractivity contribution in [1.82, 2.24) is 15.0 Å². The lowest BCUT2D eigenvalue weighted by molar-refractivity contribution is 0.0671. The van der Waals surface area contributed by atoms with E-state index in [-0.39, 0.29) is 0 Å². The summed E-state index contributed by atoms with van der Waals surface area (Å²) in [5.41, 5.74) is 2.04. The Morgan fingerprint density at radius 3 is 3.05 bits per heavy atom. The lowest BCUT2D eigenvalue weighted by atomic mass is 10.2. The van der Waals surface area contributed by atoms with Crippen molar-refractivity contribution in [3.8, 4) is 0 Å². The molecule has 1 fully saturated rings. The first-order valence-electron chi connectivity index (χ1n) is 6.94. The molecule has 20 heavy (non-hydrogen) atoms. The van der Waals surface area contributed by atoms with Crippen LogP contribution in [0.4, 0.5) is 0 Å². The van der Waals surface area contributed by atoms with Crippen LogP contribution in [0.1, 0.15) is 29.2 Å². The maximum atomic E-state index is 5.74. The average Bonchev–Trinajstić information content (AvgIpc) is 3.13. The minimum absolute atomic E-state index is 0.336. The quantitative estimate of drug-likeness (QED) is 0.819. The van der Waals surface area contributed by atoms with E-state index in [1.165, 1.54) is 6.42 Å². The molecule has 0 aromatic carbocycles. The van der Waals surface area contributed by atoms with Crippen LogP contribution in [-0.4, -0.2) is 34.3 Å². The topological polar surface area (TPSA) is 51.4 Å². The molecule has 6 heteroatoms. The highest BCUT2D eigenvalue weighted by molar-refractivity contribution is 7.09. The van der Waals surface area contributed by atoms with Gasteiger partial charge in [-0.3, -0.25) is 4.90 Å².